The zero-order valence-corrected chi connectivity index (χ0v) is 19.8. The quantitative estimate of drug-likeness (QED) is 0.504. The summed E-state index contributed by atoms with van der Waals surface area (Å²) < 4.78 is 25.5. The average molecular weight is 491 g/mol. The molecule has 0 bridgehead atoms. The van der Waals surface area contributed by atoms with E-state index in [-0.39, 0.29) is 23.0 Å². The van der Waals surface area contributed by atoms with E-state index >= 15 is 0 Å². The predicted molar refractivity (Wildman–Crippen MR) is 129 cm³/mol. The second-order valence-corrected chi connectivity index (χ2v) is 10.9. The number of benzene rings is 3. The van der Waals surface area contributed by atoms with Crippen LogP contribution in [0.4, 0.5) is 0 Å². The highest BCUT2D eigenvalue weighted by Gasteiger charge is 2.24. The predicted octanol–water partition coefficient (Wildman–Crippen LogP) is 4.65. The molecule has 0 aromatic heterocycles. The van der Waals surface area contributed by atoms with Crippen LogP contribution in [0.5, 0.6) is 0 Å². The van der Waals surface area contributed by atoms with Gasteiger partial charge in [-0.1, -0.05) is 59.6 Å². The van der Waals surface area contributed by atoms with Gasteiger partial charge in [0.2, 0.25) is 5.91 Å². The van der Waals surface area contributed by atoms with Crippen LogP contribution in [0.25, 0.3) is 10.8 Å². The second-order valence-electron chi connectivity index (χ2n) is 7.98. The summed E-state index contributed by atoms with van der Waals surface area (Å²) in [5.41, 5.74) is 1.07. The van der Waals surface area contributed by atoms with Gasteiger partial charge in [0.15, 0.2) is 9.84 Å². The first kappa shape index (κ1) is 23.1. The lowest BCUT2D eigenvalue weighted by molar-refractivity contribution is -0.132. The van der Waals surface area contributed by atoms with Crippen LogP contribution in [0.3, 0.4) is 0 Å². The third kappa shape index (κ3) is 5.44. The molecule has 32 heavy (non-hydrogen) atoms. The molecule has 5 nitrogen and oxygen atoms in total. The first-order valence-corrected chi connectivity index (χ1v) is 12.9. The van der Waals surface area contributed by atoms with Gasteiger partial charge < -0.3 is 4.90 Å². The lowest BCUT2D eigenvalue weighted by atomic mass is 10.1. The van der Waals surface area contributed by atoms with Gasteiger partial charge in [0, 0.05) is 39.1 Å². The third-order valence-corrected chi connectivity index (χ3v) is 8.23. The summed E-state index contributed by atoms with van der Waals surface area (Å²) in [4.78, 5) is 16.9. The van der Waals surface area contributed by atoms with Crippen molar-refractivity contribution in [2.24, 2.45) is 0 Å². The Kier molecular flexibility index (Phi) is 7.05. The molecule has 3 aromatic carbocycles. The summed E-state index contributed by atoms with van der Waals surface area (Å²) in [6.45, 7) is 3.34. The van der Waals surface area contributed by atoms with Gasteiger partial charge in [0.1, 0.15) is 0 Å². The molecule has 0 saturated carbocycles. The van der Waals surface area contributed by atoms with Gasteiger partial charge in [0.05, 0.1) is 20.7 Å². The number of fused-ring (bicyclic) bond motifs is 1. The molecule has 8 heteroatoms. The Bertz CT molecular complexity index is 1240. The van der Waals surface area contributed by atoms with Gasteiger partial charge in [-0.05, 0) is 40.6 Å². The number of sulfone groups is 1. The van der Waals surface area contributed by atoms with Gasteiger partial charge in [0.25, 0.3) is 0 Å². The number of carbonyl (C=O) groups is 1. The molecule has 1 amide bonds. The van der Waals surface area contributed by atoms with Crippen LogP contribution in [0.15, 0.2) is 65.6 Å². The van der Waals surface area contributed by atoms with E-state index in [1.165, 1.54) is 0 Å². The largest absolute Gasteiger partial charge is 0.340 e. The number of piperazine rings is 1. The Morgan fingerprint density at radius 1 is 0.844 bits per heavy atom. The molecule has 1 fully saturated rings. The van der Waals surface area contributed by atoms with Crippen molar-refractivity contribution in [1.29, 1.82) is 0 Å². The highest BCUT2D eigenvalue weighted by molar-refractivity contribution is 7.91. The second kappa shape index (κ2) is 9.79. The van der Waals surface area contributed by atoms with Gasteiger partial charge in [-0.2, -0.15) is 0 Å². The highest BCUT2D eigenvalue weighted by atomic mass is 35.5. The molecule has 0 radical (unpaired) electrons. The van der Waals surface area contributed by atoms with Crippen molar-refractivity contribution in [3.63, 3.8) is 0 Å². The van der Waals surface area contributed by atoms with Gasteiger partial charge >= 0.3 is 0 Å². The zero-order chi connectivity index (χ0) is 22.7. The first-order valence-electron chi connectivity index (χ1n) is 10.5. The van der Waals surface area contributed by atoms with Crippen LogP contribution in [-0.2, 0) is 21.2 Å². The normalized spacial score (nSPS) is 15.2. The molecule has 3 aromatic rings. The van der Waals surface area contributed by atoms with E-state index < -0.39 is 9.84 Å². The van der Waals surface area contributed by atoms with E-state index in [1.807, 2.05) is 36.4 Å². The van der Waals surface area contributed by atoms with Crippen LogP contribution < -0.4 is 0 Å². The first-order chi connectivity index (χ1) is 15.3. The van der Waals surface area contributed by atoms with Gasteiger partial charge in [-0.3, -0.25) is 9.69 Å². The number of hydrogen-bond donors (Lipinski definition) is 0. The Morgan fingerprint density at radius 3 is 2.28 bits per heavy atom. The third-order valence-electron chi connectivity index (χ3n) is 5.78. The lowest BCUT2D eigenvalue weighted by Crippen LogP contribution is -2.48. The summed E-state index contributed by atoms with van der Waals surface area (Å²) in [6, 6.07) is 18.3. The molecular weight excluding hydrogens is 467 g/mol. The minimum Gasteiger partial charge on any atom is -0.340 e. The van der Waals surface area contributed by atoms with Gasteiger partial charge in [-0.25, -0.2) is 8.42 Å². The van der Waals surface area contributed by atoms with Crippen LogP contribution in [0, 0.1) is 0 Å². The van der Waals surface area contributed by atoms with Crippen LogP contribution in [0.2, 0.25) is 10.0 Å². The number of hydrogen-bond acceptors (Lipinski definition) is 4. The summed E-state index contributed by atoms with van der Waals surface area (Å²) in [5.74, 6) is -0.309. The molecule has 0 spiro atoms. The fourth-order valence-corrected chi connectivity index (χ4v) is 5.49. The lowest BCUT2D eigenvalue weighted by Gasteiger charge is -2.34. The number of carbonyl (C=O) groups excluding carboxylic acids is 1. The molecule has 168 valence electrons. The molecule has 4 rings (SSSR count). The molecule has 0 atom stereocenters. The van der Waals surface area contributed by atoms with Crippen LogP contribution >= 0.6 is 23.2 Å². The Hall–Kier alpha value is -2.12. The molecule has 1 aliphatic heterocycles. The minimum atomic E-state index is -3.53. The van der Waals surface area contributed by atoms with E-state index in [4.69, 9.17) is 23.2 Å². The summed E-state index contributed by atoms with van der Waals surface area (Å²) in [6.07, 6.45) is -0.0120. The molecule has 0 N–H and O–H groups in total. The fraction of sp³-hybridized carbons (Fsp3) is 0.292. The highest BCUT2D eigenvalue weighted by Crippen LogP contribution is 2.24. The molecular formula is C24H24Cl2N2O3S. The van der Waals surface area contributed by atoms with Crippen molar-refractivity contribution in [2.75, 3.05) is 31.9 Å². The number of rotatable bonds is 6. The molecule has 1 saturated heterocycles. The van der Waals surface area contributed by atoms with Crippen LogP contribution in [-0.4, -0.2) is 56.1 Å². The number of nitrogens with zero attached hydrogens (tertiary/aromatic N) is 2. The van der Waals surface area contributed by atoms with E-state index in [0.29, 0.717) is 23.1 Å². The Labute approximate surface area is 198 Å². The SMILES string of the molecule is O=C(CCS(=O)(=O)c1ccc2ccccc2c1)N1CCN(Cc2ccc(Cl)c(Cl)c2)CC1. The maximum Gasteiger partial charge on any atom is 0.223 e. The molecule has 1 heterocycles. The number of amides is 1. The van der Waals surface area contributed by atoms with E-state index in [2.05, 4.69) is 4.90 Å². The smallest absolute Gasteiger partial charge is 0.223 e. The maximum absolute atomic E-state index is 12.8. The maximum atomic E-state index is 12.8. The van der Waals surface area contributed by atoms with Crippen molar-refractivity contribution in [1.82, 2.24) is 9.80 Å². The fourth-order valence-electron chi connectivity index (χ4n) is 3.91. The van der Waals surface area contributed by atoms with Gasteiger partial charge in [-0.15, -0.1) is 0 Å². The van der Waals surface area contributed by atoms with Crippen LogP contribution in [0.1, 0.15) is 12.0 Å². The van der Waals surface area contributed by atoms with Crippen molar-refractivity contribution in [2.45, 2.75) is 17.9 Å². The van der Waals surface area contributed by atoms with Crippen molar-refractivity contribution < 1.29 is 13.2 Å². The van der Waals surface area contributed by atoms with E-state index in [9.17, 15) is 13.2 Å². The average Bonchev–Trinajstić information content (AvgIpc) is 2.80. The van der Waals surface area contributed by atoms with Crippen molar-refractivity contribution in [3.8, 4) is 0 Å². The minimum absolute atomic E-state index is 0.0120. The van der Waals surface area contributed by atoms with Crippen molar-refractivity contribution in [3.05, 3.63) is 76.3 Å². The summed E-state index contributed by atoms with van der Waals surface area (Å²) >= 11 is 12.1. The topological polar surface area (TPSA) is 57.7 Å². The van der Waals surface area contributed by atoms with E-state index in [1.54, 1.807) is 29.2 Å². The van der Waals surface area contributed by atoms with Crippen molar-refractivity contribution >= 4 is 49.7 Å². The summed E-state index contributed by atoms with van der Waals surface area (Å²) in [7, 11) is -3.53. The molecule has 0 unspecified atom stereocenters. The number of halogens is 2. The Morgan fingerprint density at radius 2 is 1.56 bits per heavy atom. The zero-order valence-electron chi connectivity index (χ0n) is 17.5. The molecule has 1 aliphatic rings. The Balaban J connectivity index is 1.30. The summed E-state index contributed by atoms with van der Waals surface area (Å²) in [5, 5.41) is 2.93. The molecule has 0 aliphatic carbocycles. The standard InChI is InChI=1S/C24H24Cl2N2O3S/c25-22-8-5-18(15-23(22)26)17-27-10-12-28(13-11-27)24(29)9-14-32(30,31)21-7-6-19-3-1-2-4-20(19)16-21/h1-8,15-16H,9-14,17H2. The monoisotopic (exact) mass is 490 g/mol. The van der Waals surface area contributed by atoms with E-state index in [0.717, 1.165) is 36.0 Å².